The van der Waals surface area contributed by atoms with Gasteiger partial charge in [0.2, 0.25) is 0 Å². The molecule has 0 aliphatic carbocycles. The number of benzene rings is 1. The Kier molecular flexibility index (Phi) is 3.38. The van der Waals surface area contributed by atoms with Gasteiger partial charge in [-0.2, -0.15) is 13.2 Å². The van der Waals surface area contributed by atoms with Gasteiger partial charge in [0.05, 0.1) is 12.0 Å². The first-order chi connectivity index (χ1) is 6.86. The van der Waals surface area contributed by atoms with Crippen LogP contribution >= 0.6 is 0 Å². The lowest BCUT2D eigenvalue weighted by Crippen LogP contribution is -2.17. The van der Waals surface area contributed by atoms with Gasteiger partial charge in [-0.3, -0.25) is 0 Å². The summed E-state index contributed by atoms with van der Waals surface area (Å²) in [5.41, 5.74) is -4.43. The van der Waals surface area contributed by atoms with Crippen LogP contribution in [0.15, 0.2) is 23.1 Å². The standard InChI is InChI=1S/C9H9F3O2S/c1-6-5-7(14-2)3-4-8(6)15(13)9(10,11)12/h3-5H,1-2H3. The molecule has 0 fully saturated rings. The molecule has 0 heterocycles. The van der Waals surface area contributed by atoms with Gasteiger partial charge in [0, 0.05) is 0 Å². The molecule has 1 rings (SSSR count). The Morgan fingerprint density at radius 1 is 1.33 bits per heavy atom. The number of aryl methyl sites for hydroxylation is 1. The van der Waals surface area contributed by atoms with Crippen LogP contribution in [0.25, 0.3) is 0 Å². The molecule has 0 saturated heterocycles. The number of ether oxygens (including phenoxy) is 1. The van der Waals surface area contributed by atoms with Crippen molar-refractivity contribution in [2.24, 2.45) is 0 Å². The Morgan fingerprint density at radius 3 is 2.33 bits per heavy atom. The maximum Gasteiger partial charge on any atom is 0.475 e. The minimum Gasteiger partial charge on any atom is -0.497 e. The van der Waals surface area contributed by atoms with Crippen molar-refractivity contribution in [1.82, 2.24) is 0 Å². The van der Waals surface area contributed by atoms with Crippen LogP contribution in [0.5, 0.6) is 5.75 Å². The fourth-order valence-corrected chi connectivity index (χ4v) is 1.87. The summed E-state index contributed by atoms with van der Waals surface area (Å²) in [5, 5.41) is 0. The summed E-state index contributed by atoms with van der Waals surface area (Å²) in [4.78, 5) is -0.233. The number of hydrogen-bond donors (Lipinski definition) is 0. The molecule has 15 heavy (non-hydrogen) atoms. The van der Waals surface area contributed by atoms with Gasteiger partial charge in [-0.25, -0.2) is 4.21 Å². The summed E-state index contributed by atoms with van der Waals surface area (Å²) in [7, 11) is -1.57. The maximum atomic E-state index is 12.2. The number of alkyl halides is 3. The molecule has 0 saturated carbocycles. The van der Waals surface area contributed by atoms with Gasteiger partial charge in [-0.1, -0.05) is 0 Å². The molecule has 0 aliphatic heterocycles. The Balaban J connectivity index is 3.12. The normalized spacial score (nSPS) is 13.7. The minimum atomic E-state index is -4.72. The zero-order valence-corrected chi connectivity index (χ0v) is 8.91. The lowest BCUT2D eigenvalue weighted by molar-refractivity contribution is -0.0384. The molecule has 0 spiro atoms. The van der Waals surface area contributed by atoms with Gasteiger partial charge in [0.15, 0.2) is 10.8 Å². The Labute approximate surface area is 87.5 Å². The highest BCUT2D eigenvalue weighted by atomic mass is 32.2. The van der Waals surface area contributed by atoms with Gasteiger partial charge < -0.3 is 4.74 Å². The molecule has 1 unspecified atom stereocenters. The SMILES string of the molecule is COc1ccc(S(=O)C(F)(F)F)c(C)c1. The third-order valence-corrected chi connectivity index (χ3v) is 3.07. The summed E-state index contributed by atoms with van der Waals surface area (Å²) in [6.07, 6.45) is 0. The molecule has 1 atom stereocenters. The van der Waals surface area contributed by atoms with Crippen LogP contribution in [0.3, 0.4) is 0 Å². The third kappa shape index (κ3) is 2.71. The molecule has 0 bridgehead atoms. The highest BCUT2D eigenvalue weighted by Crippen LogP contribution is 2.29. The highest BCUT2D eigenvalue weighted by molar-refractivity contribution is 7.86. The molecule has 2 nitrogen and oxygen atoms in total. The molecular formula is C9H9F3O2S. The summed E-state index contributed by atoms with van der Waals surface area (Å²) in [5.74, 6) is 0.440. The van der Waals surface area contributed by atoms with E-state index in [1.54, 1.807) is 0 Å². The van der Waals surface area contributed by atoms with Crippen molar-refractivity contribution < 1.29 is 22.1 Å². The number of methoxy groups -OCH3 is 1. The molecule has 0 amide bonds. The average Bonchev–Trinajstić information content (AvgIpc) is 2.15. The van der Waals surface area contributed by atoms with Crippen molar-refractivity contribution in [1.29, 1.82) is 0 Å². The second kappa shape index (κ2) is 4.22. The van der Waals surface area contributed by atoms with E-state index in [1.807, 2.05) is 0 Å². The van der Waals surface area contributed by atoms with Crippen LogP contribution < -0.4 is 4.74 Å². The molecular weight excluding hydrogens is 229 g/mol. The molecule has 1 aromatic rings. The van der Waals surface area contributed by atoms with Crippen molar-refractivity contribution in [3.63, 3.8) is 0 Å². The van der Waals surface area contributed by atoms with E-state index in [1.165, 1.54) is 26.2 Å². The summed E-state index contributed by atoms with van der Waals surface area (Å²) >= 11 is 0. The second-order valence-corrected chi connectivity index (χ2v) is 4.29. The molecule has 1 aromatic carbocycles. The Morgan fingerprint density at radius 2 is 1.93 bits per heavy atom. The summed E-state index contributed by atoms with van der Waals surface area (Å²) < 4.78 is 52.4. The molecule has 84 valence electrons. The van der Waals surface area contributed by atoms with E-state index in [0.717, 1.165) is 6.07 Å². The fraction of sp³-hybridized carbons (Fsp3) is 0.333. The largest absolute Gasteiger partial charge is 0.497 e. The molecule has 0 radical (unpaired) electrons. The number of hydrogen-bond acceptors (Lipinski definition) is 2. The van der Waals surface area contributed by atoms with E-state index in [-0.39, 0.29) is 4.90 Å². The van der Waals surface area contributed by atoms with E-state index in [9.17, 15) is 17.4 Å². The van der Waals surface area contributed by atoms with Gasteiger partial charge >= 0.3 is 5.51 Å². The van der Waals surface area contributed by atoms with Crippen LogP contribution in [-0.2, 0) is 10.8 Å². The predicted molar refractivity (Wildman–Crippen MR) is 50.2 cm³/mol. The lowest BCUT2D eigenvalue weighted by atomic mass is 10.2. The fourth-order valence-electron chi connectivity index (χ4n) is 1.08. The predicted octanol–water partition coefficient (Wildman–Crippen LogP) is 2.63. The quantitative estimate of drug-likeness (QED) is 0.791. The molecule has 0 N–H and O–H groups in total. The maximum absolute atomic E-state index is 12.2. The first-order valence-electron chi connectivity index (χ1n) is 3.99. The summed E-state index contributed by atoms with van der Waals surface area (Å²) in [6.45, 7) is 1.46. The monoisotopic (exact) mass is 238 g/mol. The Hall–Kier alpha value is -1.04. The minimum absolute atomic E-state index is 0.233. The van der Waals surface area contributed by atoms with Crippen LogP contribution in [0.2, 0.25) is 0 Å². The van der Waals surface area contributed by atoms with E-state index < -0.39 is 16.3 Å². The zero-order chi connectivity index (χ0) is 11.6. The van der Waals surface area contributed by atoms with Gasteiger partial charge in [0.25, 0.3) is 0 Å². The smallest absolute Gasteiger partial charge is 0.475 e. The van der Waals surface area contributed by atoms with E-state index in [0.29, 0.717) is 11.3 Å². The van der Waals surface area contributed by atoms with Crippen LogP contribution in [0.1, 0.15) is 5.56 Å². The van der Waals surface area contributed by atoms with Crippen molar-refractivity contribution in [2.75, 3.05) is 7.11 Å². The summed E-state index contributed by atoms with van der Waals surface area (Å²) in [6, 6.07) is 3.93. The van der Waals surface area contributed by atoms with Crippen LogP contribution in [0.4, 0.5) is 13.2 Å². The van der Waals surface area contributed by atoms with Gasteiger partial charge in [-0.05, 0) is 30.7 Å². The number of halogens is 3. The van der Waals surface area contributed by atoms with E-state index in [2.05, 4.69) is 0 Å². The van der Waals surface area contributed by atoms with Crippen LogP contribution in [0, 0.1) is 6.92 Å². The van der Waals surface area contributed by atoms with E-state index in [4.69, 9.17) is 4.74 Å². The van der Waals surface area contributed by atoms with Crippen molar-refractivity contribution in [3.8, 4) is 5.75 Å². The first kappa shape index (κ1) is 12.0. The first-order valence-corrected chi connectivity index (χ1v) is 5.14. The highest BCUT2D eigenvalue weighted by Gasteiger charge is 2.38. The van der Waals surface area contributed by atoms with Gasteiger partial charge in [-0.15, -0.1) is 0 Å². The van der Waals surface area contributed by atoms with Crippen LogP contribution in [-0.4, -0.2) is 16.8 Å². The van der Waals surface area contributed by atoms with Crippen molar-refractivity contribution in [3.05, 3.63) is 23.8 Å². The molecule has 6 heteroatoms. The lowest BCUT2D eigenvalue weighted by Gasteiger charge is -2.09. The topological polar surface area (TPSA) is 26.3 Å². The van der Waals surface area contributed by atoms with Crippen molar-refractivity contribution in [2.45, 2.75) is 17.3 Å². The number of rotatable bonds is 2. The van der Waals surface area contributed by atoms with E-state index >= 15 is 0 Å². The molecule has 0 aromatic heterocycles. The second-order valence-electron chi connectivity index (χ2n) is 2.85. The third-order valence-electron chi connectivity index (χ3n) is 1.79. The average molecular weight is 238 g/mol. The van der Waals surface area contributed by atoms with Crippen molar-refractivity contribution >= 4 is 10.8 Å². The van der Waals surface area contributed by atoms with Gasteiger partial charge in [0.1, 0.15) is 5.75 Å². The Bertz CT molecular complexity index is 387. The zero-order valence-electron chi connectivity index (χ0n) is 8.09. The molecule has 0 aliphatic rings.